The number of phenolic OH excluding ortho intramolecular Hbond substituents is 5. The van der Waals surface area contributed by atoms with Crippen molar-refractivity contribution in [1.82, 2.24) is 29.5 Å². The predicted octanol–water partition coefficient (Wildman–Crippen LogP) is 12.5. The second kappa shape index (κ2) is 30.3. The summed E-state index contributed by atoms with van der Waals surface area (Å²) in [5.74, 6) is 7.40. The van der Waals surface area contributed by atoms with Crippen LogP contribution in [0.25, 0.3) is 10.9 Å². The lowest BCUT2D eigenvalue weighted by Gasteiger charge is -2.72. The largest absolute Gasteiger partial charge is 0.504 e. The molecule has 26 aliphatic rings. The number of ether oxygens (including phenoxy) is 6. The number of methoxy groups -OCH3 is 1. The molecule has 6 spiro atoms. The van der Waals surface area contributed by atoms with Gasteiger partial charge >= 0.3 is 0 Å². The number of benzene rings is 6. The van der Waals surface area contributed by atoms with Crippen molar-refractivity contribution in [1.29, 1.82) is 0 Å². The fourth-order valence-electron chi connectivity index (χ4n) is 35.0. The monoisotopic (exact) mass is 1880 g/mol. The van der Waals surface area contributed by atoms with Crippen LogP contribution in [0.4, 0.5) is 0 Å². The maximum atomic E-state index is 12.7. The van der Waals surface area contributed by atoms with Crippen LogP contribution in [-0.4, -0.2) is 259 Å². The summed E-state index contributed by atoms with van der Waals surface area (Å²) in [5.41, 5.74) is 15.4. The zero-order valence-corrected chi connectivity index (χ0v) is 80.6. The highest BCUT2D eigenvalue weighted by Crippen LogP contribution is 2.78. The number of hydrogen-bond acceptors (Lipinski definition) is 23. The number of aliphatic hydroxyl groups excluding tert-OH is 2. The Balaban J connectivity index is 0.0000000870. The normalized spacial score (nSPS) is 40.7. The Kier molecular flexibility index (Phi) is 19.5. The van der Waals surface area contributed by atoms with Crippen LogP contribution in [0.3, 0.4) is 0 Å². The van der Waals surface area contributed by atoms with Gasteiger partial charge in [0.25, 0.3) is 0 Å². The topological polar surface area (TPSA) is 336 Å². The third-order valence-electron chi connectivity index (χ3n) is 41.4. The van der Waals surface area contributed by atoms with Crippen molar-refractivity contribution in [3.05, 3.63) is 189 Å². The van der Waals surface area contributed by atoms with Crippen molar-refractivity contribution in [3.63, 3.8) is 0 Å². The van der Waals surface area contributed by atoms with Crippen LogP contribution in [0, 0.1) is 40.9 Å². The highest BCUT2D eigenvalue weighted by Gasteiger charge is 2.82. The summed E-state index contributed by atoms with van der Waals surface area (Å²) in [7, 11) is 1.76. The first-order valence-electron chi connectivity index (χ1n) is 53.1. The standard InChI is InChI=1S/C26H26N2O3.C26H33NO4.C21H27NO4.C20H26N2O3.C19H21NO3.C2H6/c29-19-8-7-15-11-20-26(30)12-17-16-3-1-2-4-18(16)27-22(17)24-25(26,21(15)23(19)31-24)9-10-28(20)13-14-5-6-14;1-23(2,29)18-13-24-8-9-26(18,30-3)22-25(24)10-11-27(14-15-4-5-15)19(24)12-16-6-7-17(28)21(31-22)20(16)25;23-14-5-4-13-10-16-21(25)7-6-15(24)19-20(21,17(13)18(14)26-19)8-9-22(16)11-12-2-1-3-12;21-13-5-6-20(24)15-9-12-3-4-14(23)17-16(12)19(20,18(13)25-17)7-8-22(15)10-11-1-2-11;1-2-8-20-9-7-19-12-4-6-15(22)18(19)23-17-14(21)5-3-11(16(17)19)10-13(12)20;1-2/h1-4,7-8,14,20,24,27,29-30H,5-6,9-13H2;6-9,15,18-19,22,28-29H,4-5,10-14H2,1-3H3;4-5,12,15-16,19,23-25H,1-3,6-11H2;3-4,11,13,15,18,23-24H,1-2,5-10,21H2;2-6,12-13,15,18,21-22H,1,7-10H2;1-2H3/t20-,24+,25+,26-;18-,19-,22-,24-,25+,26-;15-,16+,19-,20-,21+;13-,15-,18+,19+,20-;12-,13+,15-,18-,19-;/m11010./s1. The Morgan fingerprint density at radius 1 is 0.493 bits per heavy atom. The zero-order valence-electron chi connectivity index (χ0n) is 80.6. The molecule has 33 rings (SSSR count). The van der Waals surface area contributed by atoms with Gasteiger partial charge in [-0.2, -0.15) is 0 Å². The van der Waals surface area contributed by atoms with Crippen LogP contribution in [-0.2, 0) is 70.3 Å². The van der Waals surface area contributed by atoms with E-state index in [0.717, 1.165) is 200 Å². The number of aromatic amines is 1. The molecule has 6 aromatic carbocycles. The van der Waals surface area contributed by atoms with Crippen molar-refractivity contribution in [2.75, 3.05) is 72.6 Å². The van der Waals surface area contributed by atoms with E-state index in [0.29, 0.717) is 66.0 Å². The van der Waals surface area contributed by atoms with Crippen LogP contribution in [0.1, 0.15) is 223 Å². The maximum Gasteiger partial charge on any atom is 0.166 e. The van der Waals surface area contributed by atoms with Crippen LogP contribution in [0.2, 0.25) is 0 Å². The van der Waals surface area contributed by atoms with Crippen LogP contribution in [0.5, 0.6) is 57.5 Å². The Hall–Kier alpha value is -8.44. The van der Waals surface area contributed by atoms with E-state index in [-0.39, 0.29) is 99.5 Å². The number of aromatic nitrogens is 1. The summed E-state index contributed by atoms with van der Waals surface area (Å²) in [6.45, 7) is 22.0. The molecule has 24 nitrogen and oxygen atoms in total. The lowest BCUT2D eigenvalue weighted by atomic mass is 9.36. The summed E-state index contributed by atoms with van der Waals surface area (Å²) in [4.78, 5) is 16.5. The molecule has 0 radical (unpaired) electrons. The second-order valence-corrected chi connectivity index (χ2v) is 47.6. The molecule has 11 heterocycles. The first-order valence-corrected chi connectivity index (χ1v) is 53.1. The molecule has 14 N–H and O–H groups in total. The Morgan fingerprint density at radius 2 is 0.957 bits per heavy atom. The van der Waals surface area contributed by atoms with Gasteiger partial charge in [0.1, 0.15) is 36.1 Å². The first-order chi connectivity index (χ1) is 66.6. The first kappa shape index (κ1) is 88.5. The summed E-state index contributed by atoms with van der Waals surface area (Å²) < 4.78 is 38.2. The summed E-state index contributed by atoms with van der Waals surface area (Å²) in [6, 6.07) is 28.4. The molecular weight excluding hydrogens is 1740 g/mol. The average Bonchev–Trinajstić information content (AvgIpc) is 1.40. The highest BCUT2D eigenvalue weighted by atomic mass is 16.6. The smallest absolute Gasteiger partial charge is 0.166 e. The quantitative estimate of drug-likeness (QED) is 0.0505. The number of hydrogen-bond donors (Lipinski definition) is 13. The number of para-hydroxylation sites is 1. The van der Waals surface area contributed by atoms with Crippen LogP contribution < -0.4 is 29.4 Å². The van der Waals surface area contributed by atoms with E-state index in [1.807, 2.05) is 70.2 Å². The van der Waals surface area contributed by atoms with Gasteiger partial charge in [-0.1, -0.05) is 99.2 Å². The van der Waals surface area contributed by atoms with E-state index in [2.05, 4.69) is 84.6 Å². The number of nitrogens with one attached hydrogen (secondary N) is 1. The number of likely N-dealkylation sites (tertiary alicyclic amines) is 5. The Morgan fingerprint density at radius 3 is 1.51 bits per heavy atom. The third kappa shape index (κ3) is 11.3. The molecule has 0 unspecified atom stereocenters. The molecule has 12 fully saturated rings. The molecule has 732 valence electrons. The molecule has 16 aliphatic carbocycles. The van der Waals surface area contributed by atoms with Crippen molar-refractivity contribution in [2.24, 2.45) is 46.7 Å². The lowest BCUT2D eigenvalue weighted by molar-refractivity contribution is -0.245. The van der Waals surface area contributed by atoms with Gasteiger partial charge in [0, 0.05) is 144 Å². The van der Waals surface area contributed by atoms with E-state index in [1.165, 1.54) is 109 Å². The number of nitrogens with two attached hydrogens (primary N) is 1. The number of aliphatic hydroxyl groups is 6. The SMILES string of the molecule is C=CCN1CC[C@]23c4c5ccc(O)c4O[C@H]2[C@@H](O)C=C[C@H]3[C@H]1C5.CC.CO[C@]12C=C[C@@]3(C[C@@H]1C(C)(C)O)[C@H]1Cc4ccc(O)c5c4[C@@]3(CCN1CC1CC1)[C@H]2O5.N[C@@H]1CC[C@@]2(O)[C@H]3Cc4ccc(O)c5c4[C@@]2(CCN3CC2CC2)[C@H]1O5.Oc1ccc2c3c1O[C@H]1[C@@H](O)CC[C@@]4(O)[C@@H](C2)N(CC2CCC2)CC[C@]314.Oc1ccc2c3c1O[C@H]1c4[nH]c5ccccc5c4C[C@@]4(O)[C@@H](C2)N(CC2CC2)CC[C@]314. The van der Waals surface area contributed by atoms with E-state index in [4.69, 9.17) is 34.2 Å². The van der Waals surface area contributed by atoms with E-state index in [1.54, 1.807) is 31.4 Å². The summed E-state index contributed by atoms with van der Waals surface area (Å²) in [5, 5.41) is 123. The van der Waals surface area contributed by atoms with Gasteiger partial charge < -0.3 is 95.3 Å². The minimum absolute atomic E-state index is 0.0745. The molecule has 10 aliphatic heterocycles. The van der Waals surface area contributed by atoms with Crippen LogP contribution >= 0.6 is 0 Å². The molecule has 5 saturated heterocycles. The number of phenols is 5. The number of nitrogens with zero attached hydrogens (tertiary/aromatic N) is 5. The summed E-state index contributed by atoms with van der Waals surface area (Å²) in [6.07, 6.45) is 33.1. The Labute approximate surface area is 808 Å². The van der Waals surface area contributed by atoms with Crippen molar-refractivity contribution < 1.29 is 84.6 Å². The highest BCUT2D eigenvalue weighted by molar-refractivity contribution is 5.86. The fourth-order valence-corrected chi connectivity index (χ4v) is 35.0. The fraction of sp³-hybridized carbons (Fsp3) is 0.614. The molecule has 25 atom stereocenters. The van der Waals surface area contributed by atoms with Crippen LogP contribution in [0.15, 0.2) is 122 Å². The van der Waals surface area contributed by atoms with Gasteiger partial charge in [-0.25, -0.2) is 0 Å². The Bertz CT molecular complexity index is 6260. The van der Waals surface area contributed by atoms with Gasteiger partial charge in [-0.15, -0.1) is 6.58 Å². The molecule has 138 heavy (non-hydrogen) atoms. The van der Waals surface area contributed by atoms with E-state index < -0.39 is 62.6 Å². The number of H-pyrrole nitrogens is 1. The van der Waals surface area contributed by atoms with Crippen molar-refractivity contribution in [3.8, 4) is 57.5 Å². The summed E-state index contributed by atoms with van der Waals surface area (Å²) >= 11 is 0. The molecular formula is C114H139N7O17. The maximum absolute atomic E-state index is 12.7. The minimum Gasteiger partial charge on any atom is -0.504 e. The molecule has 1 aromatic heterocycles. The molecule has 12 bridgehead atoms. The van der Waals surface area contributed by atoms with Crippen molar-refractivity contribution >= 4 is 10.9 Å². The van der Waals surface area contributed by atoms with Crippen molar-refractivity contribution in [2.45, 2.75) is 322 Å². The van der Waals surface area contributed by atoms with Gasteiger partial charge in [0.05, 0.1) is 55.9 Å². The van der Waals surface area contributed by atoms with Gasteiger partial charge in [-0.05, 0) is 288 Å². The van der Waals surface area contributed by atoms with Gasteiger partial charge in [-0.3, -0.25) is 24.5 Å². The molecule has 0 amide bonds. The molecule has 7 aromatic rings. The second-order valence-electron chi connectivity index (χ2n) is 47.6. The zero-order chi connectivity index (χ0) is 94.3. The number of fused-ring (bicyclic) bond motifs is 5. The molecule has 24 heteroatoms. The van der Waals surface area contributed by atoms with Gasteiger partial charge in [0.15, 0.2) is 63.6 Å². The molecule has 7 saturated carbocycles. The number of piperidine rings is 5. The number of aromatic hydroxyl groups is 5. The van der Waals surface area contributed by atoms with E-state index in [9.17, 15) is 56.2 Å². The predicted molar refractivity (Wildman–Crippen MR) is 519 cm³/mol. The van der Waals surface area contributed by atoms with E-state index >= 15 is 0 Å². The minimum atomic E-state index is -0.908. The van der Waals surface area contributed by atoms with Gasteiger partial charge in [0.2, 0.25) is 0 Å². The third-order valence-corrected chi connectivity index (χ3v) is 41.4. The lowest BCUT2D eigenvalue weighted by Crippen LogP contribution is -2.80. The average molecular weight is 1880 g/mol. The number of rotatable bonds is 12.